The van der Waals surface area contributed by atoms with Crippen LogP contribution < -0.4 is 9.84 Å². The third-order valence-electron chi connectivity index (χ3n) is 4.57. The van der Waals surface area contributed by atoms with E-state index < -0.39 is 6.29 Å². The first kappa shape index (κ1) is 19.9. The summed E-state index contributed by atoms with van der Waals surface area (Å²) in [5.41, 5.74) is 4.52. The maximum atomic E-state index is 11.2. The third-order valence-corrected chi connectivity index (χ3v) is 6.26. The van der Waals surface area contributed by atoms with E-state index in [-0.39, 0.29) is 0 Å². The molecule has 0 aliphatic rings. The molecule has 3 nitrogen and oxygen atoms in total. The van der Waals surface area contributed by atoms with Crippen molar-refractivity contribution in [3.8, 4) is 27.3 Å². The van der Waals surface area contributed by atoms with Crippen LogP contribution in [0.25, 0.3) is 21.6 Å². The van der Waals surface area contributed by atoms with Crippen molar-refractivity contribution >= 4 is 27.3 Å². The average molecular weight is 466 g/mol. The first-order valence-electron chi connectivity index (χ1n) is 9.11. The molecule has 3 aromatic carbocycles. The Morgan fingerprint density at radius 3 is 2.31 bits per heavy atom. The van der Waals surface area contributed by atoms with Gasteiger partial charge in [-0.1, -0.05) is 72.8 Å². The highest BCUT2D eigenvalue weighted by Gasteiger charge is 2.16. The molecule has 146 valence electrons. The number of aliphatic hydroxyl groups excluding tert-OH is 1. The van der Waals surface area contributed by atoms with Crippen LogP contribution in [0.3, 0.4) is 0 Å². The van der Waals surface area contributed by atoms with Crippen molar-refractivity contribution in [1.82, 2.24) is 0 Å². The van der Waals surface area contributed by atoms with Crippen molar-refractivity contribution in [2.24, 2.45) is 0 Å². The van der Waals surface area contributed by atoms with Gasteiger partial charge >= 0.3 is 0 Å². The van der Waals surface area contributed by atoms with E-state index in [1.54, 1.807) is 23.5 Å². The van der Waals surface area contributed by atoms with Crippen LogP contribution in [0.5, 0.6) is 5.75 Å². The fourth-order valence-corrected chi connectivity index (χ4v) is 4.74. The lowest BCUT2D eigenvalue weighted by Crippen LogP contribution is -2.13. The Morgan fingerprint density at radius 1 is 0.897 bits per heavy atom. The zero-order valence-corrected chi connectivity index (χ0v) is 17.8. The summed E-state index contributed by atoms with van der Waals surface area (Å²) in [6.07, 6.45) is -1.72. The molecule has 1 unspecified atom stereocenters. The predicted octanol–water partition coefficient (Wildman–Crippen LogP) is 5.77. The monoisotopic (exact) mass is 465 g/mol. The minimum Gasteiger partial charge on any atom is -0.828 e. The minimum atomic E-state index is -1.72. The Bertz CT molecular complexity index is 1090. The molecular formula is C24H18BrO3S-. The second-order valence-corrected chi connectivity index (χ2v) is 8.97. The quantitative estimate of drug-likeness (QED) is 0.367. The van der Waals surface area contributed by atoms with Gasteiger partial charge in [0.25, 0.3) is 0 Å². The summed E-state index contributed by atoms with van der Waals surface area (Å²) in [6.45, 7) is 0.495. The molecule has 4 rings (SSSR count). The number of halogens is 1. The van der Waals surface area contributed by atoms with Crippen LogP contribution in [0.2, 0.25) is 0 Å². The molecule has 0 aliphatic heterocycles. The number of thiophene rings is 1. The van der Waals surface area contributed by atoms with Crippen molar-refractivity contribution in [1.29, 1.82) is 0 Å². The molecule has 1 aromatic heterocycles. The van der Waals surface area contributed by atoms with Crippen LogP contribution in [-0.2, 0) is 6.61 Å². The molecule has 1 heterocycles. The van der Waals surface area contributed by atoms with Crippen LogP contribution in [-0.4, -0.2) is 5.11 Å². The number of benzene rings is 3. The summed E-state index contributed by atoms with van der Waals surface area (Å²) in [7, 11) is 0. The van der Waals surface area contributed by atoms with Crippen LogP contribution in [0, 0.1) is 0 Å². The molecule has 0 amide bonds. The standard InChI is InChI=1S/C24H18BrO3S/c25-22-14-20(23(29-22)17-10-12-18(13-11-17)24(26)27)19-8-4-5-9-21(19)28-15-16-6-2-1-3-7-16/h1-14,24,26H,15H2/q-1. The first-order chi connectivity index (χ1) is 14.1. The lowest BCUT2D eigenvalue weighted by atomic mass is 10.0. The lowest BCUT2D eigenvalue weighted by molar-refractivity contribution is -0.490. The predicted molar refractivity (Wildman–Crippen MR) is 119 cm³/mol. The van der Waals surface area contributed by atoms with E-state index in [1.807, 2.05) is 66.7 Å². The highest BCUT2D eigenvalue weighted by Crippen LogP contribution is 2.44. The summed E-state index contributed by atoms with van der Waals surface area (Å²) < 4.78 is 7.15. The van der Waals surface area contributed by atoms with Crippen LogP contribution >= 0.6 is 27.3 Å². The van der Waals surface area contributed by atoms with Gasteiger partial charge in [-0.2, -0.15) is 0 Å². The number of hydrogen-bond donors (Lipinski definition) is 1. The lowest BCUT2D eigenvalue weighted by Gasteiger charge is -2.15. The molecule has 29 heavy (non-hydrogen) atoms. The van der Waals surface area contributed by atoms with Gasteiger partial charge in [0.1, 0.15) is 12.4 Å². The Morgan fingerprint density at radius 2 is 1.59 bits per heavy atom. The number of hydrogen-bond acceptors (Lipinski definition) is 4. The van der Waals surface area contributed by atoms with Crippen molar-refractivity contribution in [2.75, 3.05) is 0 Å². The van der Waals surface area contributed by atoms with E-state index in [2.05, 4.69) is 22.0 Å². The summed E-state index contributed by atoms with van der Waals surface area (Å²) in [6, 6.07) is 27.2. The number of aliphatic hydroxyl groups is 1. The molecule has 5 heteroatoms. The maximum absolute atomic E-state index is 11.2. The second kappa shape index (κ2) is 8.93. The van der Waals surface area contributed by atoms with Gasteiger partial charge in [-0.25, -0.2) is 0 Å². The molecular weight excluding hydrogens is 448 g/mol. The van der Waals surface area contributed by atoms with Gasteiger partial charge in [0.2, 0.25) is 0 Å². The summed E-state index contributed by atoms with van der Waals surface area (Å²) in [5, 5.41) is 20.5. The van der Waals surface area contributed by atoms with Crippen molar-refractivity contribution in [2.45, 2.75) is 12.9 Å². The van der Waals surface area contributed by atoms with Crippen molar-refractivity contribution in [3.63, 3.8) is 0 Å². The Balaban J connectivity index is 1.69. The molecule has 1 N–H and O–H groups in total. The van der Waals surface area contributed by atoms with E-state index in [0.29, 0.717) is 12.2 Å². The van der Waals surface area contributed by atoms with E-state index in [4.69, 9.17) is 4.74 Å². The largest absolute Gasteiger partial charge is 0.828 e. The summed E-state index contributed by atoms with van der Waals surface area (Å²) in [5.74, 6) is 0.814. The van der Waals surface area contributed by atoms with Gasteiger partial charge in [-0.3, -0.25) is 0 Å². The molecule has 0 bridgehead atoms. The fraction of sp³-hybridized carbons (Fsp3) is 0.0833. The highest BCUT2D eigenvalue weighted by atomic mass is 79.9. The number of rotatable bonds is 6. The van der Waals surface area contributed by atoms with Crippen molar-refractivity contribution < 1.29 is 14.9 Å². The molecule has 0 saturated heterocycles. The topological polar surface area (TPSA) is 52.5 Å². The number of para-hydroxylation sites is 1. The molecule has 0 aliphatic carbocycles. The Kier molecular flexibility index (Phi) is 6.11. The SMILES string of the molecule is [O-]C(O)c1ccc(-c2sc(Br)cc2-c2ccccc2OCc2ccccc2)cc1. The van der Waals surface area contributed by atoms with Crippen LogP contribution in [0.1, 0.15) is 17.4 Å². The highest BCUT2D eigenvalue weighted by molar-refractivity contribution is 9.11. The number of ether oxygens (including phenoxy) is 1. The van der Waals surface area contributed by atoms with E-state index in [9.17, 15) is 10.2 Å². The minimum absolute atomic E-state index is 0.359. The molecule has 0 fully saturated rings. The van der Waals surface area contributed by atoms with E-state index >= 15 is 0 Å². The Labute approximate surface area is 182 Å². The molecule has 1 atom stereocenters. The second-order valence-electron chi connectivity index (χ2n) is 6.54. The normalized spacial score (nSPS) is 12.0. The van der Waals surface area contributed by atoms with Crippen LogP contribution in [0.15, 0.2) is 88.7 Å². The fourth-order valence-electron chi connectivity index (χ4n) is 3.12. The van der Waals surface area contributed by atoms with Gasteiger partial charge in [0.05, 0.1) is 3.79 Å². The third kappa shape index (κ3) is 4.60. The van der Waals surface area contributed by atoms with Gasteiger partial charge in [0, 0.05) is 22.3 Å². The van der Waals surface area contributed by atoms with Gasteiger partial charge in [0.15, 0.2) is 0 Å². The molecule has 0 spiro atoms. The zero-order valence-electron chi connectivity index (χ0n) is 15.4. The average Bonchev–Trinajstić information content (AvgIpc) is 3.15. The van der Waals surface area contributed by atoms with Crippen molar-refractivity contribution in [3.05, 3.63) is 99.8 Å². The Hall–Kier alpha value is -2.44. The van der Waals surface area contributed by atoms with Gasteiger partial charge < -0.3 is 14.9 Å². The summed E-state index contributed by atoms with van der Waals surface area (Å²) >= 11 is 5.22. The van der Waals surface area contributed by atoms with E-state index in [1.165, 1.54) is 0 Å². The van der Waals surface area contributed by atoms with Crippen LogP contribution in [0.4, 0.5) is 0 Å². The summed E-state index contributed by atoms with van der Waals surface area (Å²) in [4.78, 5) is 1.07. The van der Waals surface area contributed by atoms with Gasteiger partial charge in [-0.15, -0.1) is 11.3 Å². The van der Waals surface area contributed by atoms with Gasteiger partial charge in [-0.05, 0) is 44.8 Å². The first-order valence-corrected chi connectivity index (χ1v) is 10.7. The smallest absolute Gasteiger partial charge is 0.127 e. The zero-order chi connectivity index (χ0) is 20.2. The maximum Gasteiger partial charge on any atom is 0.127 e. The van der Waals surface area contributed by atoms with E-state index in [0.717, 1.165) is 36.7 Å². The molecule has 0 radical (unpaired) electrons. The molecule has 4 aromatic rings. The molecule has 0 saturated carbocycles.